The first-order valence-corrected chi connectivity index (χ1v) is 6.51. The average Bonchev–Trinajstić information content (AvgIpc) is 2.59. The van der Waals surface area contributed by atoms with Crippen LogP contribution in [-0.2, 0) is 0 Å². The summed E-state index contributed by atoms with van der Waals surface area (Å²) in [6.07, 6.45) is 1.83. The SMILES string of the molecule is CC(C)(O)C(C)(C)Nc1nc2c(Br)cccn2n1. The van der Waals surface area contributed by atoms with Crippen molar-refractivity contribution in [3.05, 3.63) is 22.8 Å². The largest absolute Gasteiger partial charge is 0.388 e. The van der Waals surface area contributed by atoms with Gasteiger partial charge in [0.1, 0.15) is 0 Å². The zero-order chi connectivity index (χ0) is 13.6. The van der Waals surface area contributed by atoms with E-state index in [1.807, 2.05) is 32.2 Å². The van der Waals surface area contributed by atoms with Crippen molar-refractivity contribution < 1.29 is 5.11 Å². The molecule has 0 aliphatic carbocycles. The highest BCUT2D eigenvalue weighted by Crippen LogP contribution is 2.25. The Morgan fingerprint density at radius 2 is 2.00 bits per heavy atom. The number of nitrogens with one attached hydrogen (secondary N) is 1. The monoisotopic (exact) mass is 312 g/mol. The lowest BCUT2D eigenvalue weighted by Crippen LogP contribution is -2.51. The molecule has 0 spiro atoms. The van der Waals surface area contributed by atoms with E-state index < -0.39 is 11.1 Å². The molecule has 0 saturated carbocycles. The molecule has 0 atom stereocenters. The maximum Gasteiger partial charge on any atom is 0.243 e. The van der Waals surface area contributed by atoms with Crippen molar-refractivity contribution in [3.63, 3.8) is 0 Å². The van der Waals surface area contributed by atoms with E-state index in [2.05, 4.69) is 31.3 Å². The summed E-state index contributed by atoms with van der Waals surface area (Å²) in [5, 5.41) is 17.6. The molecular formula is C12H17BrN4O. The van der Waals surface area contributed by atoms with Crippen molar-refractivity contribution in [2.45, 2.75) is 38.8 Å². The molecule has 0 aliphatic rings. The minimum Gasteiger partial charge on any atom is -0.388 e. The quantitative estimate of drug-likeness (QED) is 0.914. The Labute approximate surface area is 114 Å². The maximum absolute atomic E-state index is 10.1. The summed E-state index contributed by atoms with van der Waals surface area (Å²) >= 11 is 3.43. The van der Waals surface area contributed by atoms with Crippen LogP contribution in [-0.4, -0.2) is 30.8 Å². The molecule has 0 saturated heterocycles. The van der Waals surface area contributed by atoms with E-state index in [1.165, 1.54) is 0 Å². The third-order valence-electron chi connectivity index (χ3n) is 3.27. The summed E-state index contributed by atoms with van der Waals surface area (Å²) in [5.41, 5.74) is -0.682. The van der Waals surface area contributed by atoms with E-state index in [-0.39, 0.29) is 0 Å². The maximum atomic E-state index is 10.1. The lowest BCUT2D eigenvalue weighted by atomic mass is 9.86. The first-order chi connectivity index (χ1) is 8.21. The Hall–Kier alpha value is -1.14. The third kappa shape index (κ3) is 2.35. The lowest BCUT2D eigenvalue weighted by Gasteiger charge is -2.37. The normalized spacial score (nSPS) is 13.0. The minimum absolute atomic E-state index is 0.494. The second-order valence-corrected chi connectivity index (χ2v) is 6.22. The van der Waals surface area contributed by atoms with Crippen LogP contribution in [0.2, 0.25) is 0 Å². The summed E-state index contributed by atoms with van der Waals surface area (Å²) in [7, 11) is 0. The van der Waals surface area contributed by atoms with Crippen molar-refractivity contribution in [3.8, 4) is 0 Å². The zero-order valence-corrected chi connectivity index (χ0v) is 12.5. The number of aliphatic hydroxyl groups is 1. The third-order valence-corrected chi connectivity index (χ3v) is 3.89. The number of nitrogens with zero attached hydrogens (tertiary/aromatic N) is 3. The standard InChI is InChI=1S/C12H17BrN4O/c1-11(2,12(3,4)18)15-10-14-9-8(13)6-5-7-17(9)16-10/h5-7,18H,1-4H3,(H,15,16). The molecular weight excluding hydrogens is 296 g/mol. The molecule has 2 aromatic heterocycles. The second kappa shape index (κ2) is 4.20. The molecule has 0 aliphatic heterocycles. The van der Waals surface area contributed by atoms with Crippen molar-refractivity contribution in [1.82, 2.24) is 14.6 Å². The molecule has 0 fully saturated rings. The van der Waals surface area contributed by atoms with Crippen molar-refractivity contribution in [2.24, 2.45) is 0 Å². The van der Waals surface area contributed by atoms with Crippen molar-refractivity contribution in [2.75, 3.05) is 5.32 Å². The Kier molecular flexibility index (Phi) is 3.11. The van der Waals surface area contributed by atoms with Gasteiger partial charge in [-0.15, -0.1) is 5.10 Å². The Morgan fingerprint density at radius 1 is 1.33 bits per heavy atom. The molecule has 98 valence electrons. The first-order valence-electron chi connectivity index (χ1n) is 5.72. The number of hydrogen-bond donors (Lipinski definition) is 2. The molecule has 18 heavy (non-hydrogen) atoms. The number of anilines is 1. The molecule has 6 heteroatoms. The van der Waals surface area contributed by atoms with Crippen LogP contribution < -0.4 is 5.32 Å². The van der Waals surface area contributed by atoms with Crippen LogP contribution in [0.25, 0.3) is 5.65 Å². The van der Waals surface area contributed by atoms with Gasteiger partial charge in [0.25, 0.3) is 0 Å². The van der Waals surface area contributed by atoms with Gasteiger partial charge in [0.05, 0.1) is 15.6 Å². The molecule has 0 amide bonds. The molecule has 0 unspecified atom stereocenters. The van der Waals surface area contributed by atoms with Gasteiger partial charge in [-0.1, -0.05) is 0 Å². The summed E-state index contributed by atoms with van der Waals surface area (Å²) in [4.78, 5) is 4.39. The summed E-state index contributed by atoms with van der Waals surface area (Å²) in [6.45, 7) is 7.33. The number of pyridine rings is 1. The first kappa shape index (κ1) is 13.3. The molecule has 0 radical (unpaired) electrons. The van der Waals surface area contributed by atoms with Gasteiger partial charge in [-0.25, -0.2) is 4.52 Å². The highest BCUT2D eigenvalue weighted by atomic mass is 79.9. The number of halogens is 1. The fourth-order valence-corrected chi connectivity index (χ4v) is 1.78. The van der Waals surface area contributed by atoms with E-state index in [4.69, 9.17) is 0 Å². The molecule has 2 rings (SSSR count). The van der Waals surface area contributed by atoms with Gasteiger partial charge in [-0.2, -0.15) is 4.98 Å². The van der Waals surface area contributed by atoms with Gasteiger partial charge < -0.3 is 10.4 Å². The van der Waals surface area contributed by atoms with Crippen LogP contribution in [0.3, 0.4) is 0 Å². The molecule has 2 aromatic rings. The molecule has 0 aromatic carbocycles. The van der Waals surface area contributed by atoms with Crippen LogP contribution in [0, 0.1) is 0 Å². The van der Waals surface area contributed by atoms with E-state index in [1.54, 1.807) is 18.4 Å². The number of fused-ring (bicyclic) bond motifs is 1. The Morgan fingerprint density at radius 3 is 2.56 bits per heavy atom. The number of hydrogen-bond acceptors (Lipinski definition) is 4. The van der Waals surface area contributed by atoms with Gasteiger partial charge in [0, 0.05) is 6.20 Å². The zero-order valence-electron chi connectivity index (χ0n) is 10.9. The molecule has 5 nitrogen and oxygen atoms in total. The van der Waals surface area contributed by atoms with Crippen molar-refractivity contribution >= 4 is 27.5 Å². The summed E-state index contributed by atoms with van der Waals surface area (Å²) in [6, 6.07) is 3.80. The van der Waals surface area contributed by atoms with Crippen LogP contribution >= 0.6 is 15.9 Å². The molecule has 2 N–H and O–H groups in total. The van der Waals surface area contributed by atoms with Gasteiger partial charge in [-0.3, -0.25) is 0 Å². The molecule has 0 bridgehead atoms. The van der Waals surface area contributed by atoms with Gasteiger partial charge in [0.15, 0.2) is 5.65 Å². The summed E-state index contributed by atoms with van der Waals surface area (Å²) in [5.74, 6) is 0.494. The fourth-order valence-electron chi connectivity index (χ4n) is 1.36. The lowest BCUT2D eigenvalue weighted by molar-refractivity contribution is 0.0237. The fraction of sp³-hybridized carbons (Fsp3) is 0.500. The van der Waals surface area contributed by atoms with Crippen LogP contribution in [0.5, 0.6) is 0 Å². The minimum atomic E-state index is -0.887. The topological polar surface area (TPSA) is 62.5 Å². The molecule has 2 heterocycles. The number of rotatable bonds is 3. The van der Waals surface area contributed by atoms with Crippen LogP contribution in [0.1, 0.15) is 27.7 Å². The van der Waals surface area contributed by atoms with Crippen molar-refractivity contribution in [1.29, 1.82) is 0 Å². The highest BCUT2D eigenvalue weighted by Gasteiger charge is 2.35. The Balaban J connectivity index is 2.36. The van der Waals surface area contributed by atoms with Gasteiger partial charge >= 0.3 is 0 Å². The predicted octanol–water partition coefficient (Wildman–Crippen LogP) is 2.45. The van der Waals surface area contributed by atoms with E-state index in [0.29, 0.717) is 5.95 Å². The predicted molar refractivity (Wildman–Crippen MR) is 74.7 cm³/mol. The second-order valence-electron chi connectivity index (χ2n) is 5.37. The average molecular weight is 313 g/mol. The smallest absolute Gasteiger partial charge is 0.243 e. The van der Waals surface area contributed by atoms with Crippen LogP contribution in [0.4, 0.5) is 5.95 Å². The van der Waals surface area contributed by atoms with Crippen LogP contribution in [0.15, 0.2) is 22.8 Å². The van der Waals surface area contributed by atoms with Gasteiger partial charge in [0.2, 0.25) is 5.95 Å². The van der Waals surface area contributed by atoms with E-state index in [9.17, 15) is 5.11 Å². The Bertz CT molecular complexity index is 571. The van der Waals surface area contributed by atoms with Gasteiger partial charge in [-0.05, 0) is 55.8 Å². The van der Waals surface area contributed by atoms with E-state index >= 15 is 0 Å². The summed E-state index contributed by atoms with van der Waals surface area (Å²) < 4.78 is 2.57. The van der Waals surface area contributed by atoms with E-state index in [0.717, 1.165) is 10.1 Å². The highest BCUT2D eigenvalue weighted by molar-refractivity contribution is 9.10. The number of aromatic nitrogens is 3.